The van der Waals surface area contributed by atoms with Crippen molar-refractivity contribution < 1.29 is 9.21 Å². The first-order chi connectivity index (χ1) is 14.6. The standard InChI is InChI=1S/C20H23N7O2S/c1-13-14(2)30-19-17(13)18-22-12-23-27(18)20(24-19)26-7-5-25(6-8-26)11-16(28)21-10-15-4-3-9-29-15/h3-4,9,12H,5-8,10-11H2,1-2H3,(H,21,28). The van der Waals surface area contributed by atoms with Crippen LogP contribution < -0.4 is 10.2 Å². The van der Waals surface area contributed by atoms with Crippen LogP contribution in [0.1, 0.15) is 16.2 Å². The minimum absolute atomic E-state index is 0.00240. The zero-order chi connectivity index (χ0) is 20.7. The second-order valence-corrected chi connectivity index (χ2v) is 8.69. The molecule has 0 bridgehead atoms. The third-order valence-electron chi connectivity index (χ3n) is 5.59. The fraction of sp³-hybridized carbons (Fsp3) is 0.400. The van der Waals surface area contributed by atoms with Crippen molar-refractivity contribution in [2.45, 2.75) is 20.4 Å². The lowest BCUT2D eigenvalue weighted by Crippen LogP contribution is -2.50. The summed E-state index contributed by atoms with van der Waals surface area (Å²) in [5.74, 6) is 1.58. The Kier molecular flexibility index (Phi) is 4.87. The topological polar surface area (TPSA) is 91.8 Å². The molecule has 1 saturated heterocycles. The molecule has 5 rings (SSSR count). The van der Waals surface area contributed by atoms with Crippen molar-refractivity contribution in [1.29, 1.82) is 0 Å². The van der Waals surface area contributed by atoms with Gasteiger partial charge in [-0.15, -0.1) is 11.3 Å². The molecule has 1 aliphatic heterocycles. The molecule has 0 spiro atoms. The number of nitrogens with zero attached hydrogens (tertiary/aromatic N) is 6. The number of anilines is 1. The monoisotopic (exact) mass is 425 g/mol. The number of hydrogen-bond donors (Lipinski definition) is 1. The third-order valence-corrected chi connectivity index (χ3v) is 6.69. The first-order valence-corrected chi connectivity index (χ1v) is 10.8. The Morgan fingerprint density at radius 2 is 2.10 bits per heavy atom. The fourth-order valence-electron chi connectivity index (χ4n) is 3.82. The molecule has 30 heavy (non-hydrogen) atoms. The van der Waals surface area contributed by atoms with E-state index < -0.39 is 0 Å². The molecule has 4 aromatic heterocycles. The van der Waals surface area contributed by atoms with Crippen molar-refractivity contribution in [3.05, 3.63) is 40.9 Å². The maximum absolute atomic E-state index is 12.2. The predicted molar refractivity (Wildman–Crippen MR) is 115 cm³/mol. The number of fused-ring (bicyclic) bond motifs is 3. The highest BCUT2D eigenvalue weighted by molar-refractivity contribution is 7.18. The summed E-state index contributed by atoms with van der Waals surface area (Å²) >= 11 is 1.70. The highest BCUT2D eigenvalue weighted by Gasteiger charge is 2.24. The maximum Gasteiger partial charge on any atom is 0.234 e. The number of nitrogens with one attached hydrogen (secondary N) is 1. The zero-order valence-electron chi connectivity index (χ0n) is 17.0. The molecule has 4 aromatic rings. The van der Waals surface area contributed by atoms with Gasteiger partial charge in [0, 0.05) is 31.1 Å². The van der Waals surface area contributed by atoms with Crippen LogP contribution in [0.15, 0.2) is 29.1 Å². The number of piperazine rings is 1. The molecule has 156 valence electrons. The van der Waals surface area contributed by atoms with Crippen molar-refractivity contribution in [1.82, 2.24) is 29.8 Å². The van der Waals surface area contributed by atoms with Crippen LogP contribution in [0.3, 0.4) is 0 Å². The lowest BCUT2D eigenvalue weighted by molar-refractivity contribution is -0.122. The molecule has 0 aromatic carbocycles. The number of aryl methyl sites for hydroxylation is 2. The summed E-state index contributed by atoms with van der Waals surface area (Å²) < 4.78 is 7.09. The molecule has 9 nitrogen and oxygen atoms in total. The molecule has 1 amide bonds. The summed E-state index contributed by atoms with van der Waals surface area (Å²) in [6.07, 6.45) is 3.20. The maximum atomic E-state index is 12.2. The molecule has 1 fully saturated rings. The normalized spacial score (nSPS) is 15.3. The quantitative estimate of drug-likeness (QED) is 0.523. The van der Waals surface area contributed by atoms with Gasteiger partial charge in [0.15, 0.2) is 5.65 Å². The fourth-order valence-corrected chi connectivity index (χ4v) is 4.84. The number of thiophene rings is 1. The van der Waals surface area contributed by atoms with E-state index in [9.17, 15) is 4.79 Å². The summed E-state index contributed by atoms with van der Waals surface area (Å²) in [5.41, 5.74) is 2.08. The second-order valence-electron chi connectivity index (χ2n) is 7.49. The van der Waals surface area contributed by atoms with Gasteiger partial charge in [0.05, 0.1) is 24.7 Å². The molecule has 0 unspecified atom stereocenters. The van der Waals surface area contributed by atoms with Crippen LogP contribution >= 0.6 is 11.3 Å². The molecule has 0 aliphatic carbocycles. The van der Waals surface area contributed by atoms with E-state index in [4.69, 9.17) is 9.40 Å². The Labute approximate surface area is 177 Å². The first-order valence-electron chi connectivity index (χ1n) is 9.96. The van der Waals surface area contributed by atoms with Gasteiger partial charge in [-0.25, -0.2) is 9.97 Å². The van der Waals surface area contributed by atoms with Crippen LogP contribution in [0.4, 0.5) is 5.95 Å². The van der Waals surface area contributed by atoms with E-state index >= 15 is 0 Å². The summed E-state index contributed by atoms with van der Waals surface area (Å²) in [5, 5.41) is 8.42. The summed E-state index contributed by atoms with van der Waals surface area (Å²) in [6, 6.07) is 3.67. The van der Waals surface area contributed by atoms with E-state index in [0.29, 0.717) is 13.1 Å². The van der Waals surface area contributed by atoms with Crippen molar-refractivity contribution in [3.63, 3.8) is 0 Å². The Balaban J connectivity index is 1.27. The largest absolute Gasteiger partial charge is 0.467 e. The SMILES string of the molecule is Cc1sc2nc(N3CCN(CC(=O)NCc4ccco4)CC3)n3ncnc3c2c1C. The Morgan fingerprint density at radius 3 is 2.87 bits per heavy atom. The van der Waals surface area contributed by atoms with Crippen molar-refractivity contribution in [3.8, 4) is 0 Å². The van der Waals surface area contributed by atoms with E-state index in [2.05, 4.69) is 39.0 Å². The molecular weight excluding hydrogens is 402 g/mol. The van der Waals surface area contributed by atoms with Crippen molar-refractivity contribution in [2.24, 2.45) is 0 Å². The number of hydrogen-bond acceptors (Lipinski definition) is 8. The van der Waals surface area contributed by atoms with Crippen LogP contribution in [-0.2, 0) is 11.3 Å². The number of carbonyl (C=O) groups is 1. The molecule has 0 atom stereocenters. The molecular formula is C20H23N7O2S. The molecule has 0 radical (unpaired) electrons. The molecule has 5 heterocycles. The Morgan fingerprint density at radius 1 is 1.27 bits per heavy atom. The Hall–Kier alpha value is -2.98. The van der Waals surface area contributed by atoms with Gasteiger partial charge in [-0.1, -0.05) is 0 Å². The van der Waals surface area contributed by atoms with Crippen molar-refractivity contribution >= 4 is 39.1 Å². The summed E-state index contributed by atoms with van der Waals surface area (Å²) in [7, 11) is 0. The highest BCUT2D eigenvalue weighted by atomic mass is 32.1. The van der Waals surface area contributed by atoms with Crippen LogP contribution in [0.5, 0.6) is 0 Å². The van der Waals surface area contributed by atoms with Gasteiger partial charge in [0.25, 0.3) is 0 Å². The second kappa shape index (κ2) is 7.69. The number of aromatic nitrogens is 4. The summed E-state index contributed by atoms with van der Waals surface area (Å²) in [4.78, 5) is 28.3. The average Bonchev–Trinajstić information content (AvgIpc) is 3.48. The predicted octanol–water partition coefficient (Wildman–Crippen LogP) is 1.99. The molecule has 1 N–H and O–H groups in total. The van der Waals surface area contributed by atoms with Crippen LogP contribution in [0, 0.1) is 13.8 Å². The van der Waals surface area contributed by atoms with Gasteiger partial charge in [-0.05, 0) is 31.5 Å². The number of amides is 1. The minimum Gasteiger partial charge on any atom is -0.467 e. The molecule has 0 saturated carbocycles. The zero-order valence-corrected chi connectivity index (χ0v) is 17.8. The molecule has 1 aliphatic rings. The number of rotatable bonds is 5. The smallest absolute Gasteiger partial charge is 0.234 e. The van der Waals surface area contributed by atoms with Gasteiger partial charge in [0.1, 0.15) is 16.9 Å². The Bertz CT molecular complexity index is 1190. The number of carbonyl (C=O) groups excluding carboxylic acids is 1. The molecule has 10 heteroatoms. The van der Waals surface area contributed by atoms with Crippen LogP contribution in [-0.4, -0.2) is 63.1 Å². The first kappa shape index (κ1) is 19.0. The van der Waals surface area contributed by atoms with Crippen molar-refractivity contribution in [2.75, 3.05) is 37.6 Å². The lowest BCUT2D eigenvalue weighted by atomic mass is 10.2. The van der Waals surface area contributed by atoms with E-state index in [1.165, 1.54) is 10.4 Å². The van der Waals surface area contributed by atoms with Gasteiger partial charge < -0.3 is 14.6 Å². The third kappa shape index (κ3) is 3.41. The lowest BCUT2D eigenvalue weighted by Gasteiger charge is -2.34. The highest BCUT2D eigenvalue weighted by Crippen LogP contribution is 2.33. The van der Waals surface area contributed by atoms with Gasteiger partial charge in [-0.2, -0.15) is 9.61 Å². The van der Waals surface area contributed by atoms with Crippen LogP contribution in [0.25, 0.3) is 15.9 Å². The summed E-state index contributed by atoms with van der Waals surface area (Å²) in [6.45, 7) is 8.15. The van der Waals surface area contributed by atoms with E-state index in [1.54, 1.807) is 23.9 Å². The van der Waals surface area contributed by atoms with E-state index in [-0.39, 0.29) is 5.91 Å². The number of furan rings is 1. The average molecular weight is 426 g/mol. The minimum atomic E-state index is 0.00240. The van der Waals surface area contributed by atoms with Gasteiger partial charge in [-0.3, -0.25) is 9.69 Å². The van der Waals surface area contributed by atoms with Crippen LogP contribution in [0.2, 0.25) is 0 Å². The van der Waals surface area contributed by atoms with Gasteiger partial charge >= 0.3 is 0 Å². The van der Waals surface area contributed by atoms with E-state index in [0.717, 1.165) is 53.8 Å². The van der Waals surface area contributed by atoms with Gasteiger partial charge in [0.2, 0.25) is 11.9 Å². The van der Waals surface area contributed by atoms with E-state index in [1.807, 2.05) is 16.6 Å².